The van der Waals surface area contributed by atoms with E-state index in [1.165, 1.54) is 16.4 Å². The molecule has 3 N–H and O–H groups in total. The van der Waals surface area contributed by atoms with E-state index in [-0.39, 0.29) is 22.9 Å². The number of carbonyl (C=O) groups excluding carboxylic acids is 3. The minimum Gasteiger partial charge on any atom is -0.321 e. The van der Waals surface area contributed by atoms with Gasteiger partial charge in [-0.1, -0.05) is 55.5 Å². The van der Waals surface area contributed by atoms with Gasteiger partial charge in [0.05, 0.1) is 16.6 Å². The SMILES string of the molecule is CCC(Sc1cccc(NC(=O)/C(=C/c2cccnc2)NC(=O)c2ccccc2)c1)C(=O)Nc1c(C)n(C)n(-c2ccccc2)c1=O. The molecule has 5 aromatic rings. The summed E-state index contributed by atoms with van der Waals surface area (Å²) in [5, 5.41) is 7.92. The first-order chi connectivity index (χ1) is 22.7. The van der Waals surface area contributed by atoms with E-state index in [1.54, 1.807) is 97.8 Å². The van der Waals surface area contributed by atoms with Crippen LogP contribution in [0, 0.1) is 6.92 Å². The number of carbonyl (C=O) groups is 3. The second-order valence-electron chi connectivity index (χ2n) is 10.6. The Kier molecular flexibility index (Phi) is 10.5. The number of aromatic nitrogens is 3. The molecule has 5 rings (SSSR count). The Hall–Kier alpha value is -5.68. The van der Waals surface area contributed by atoms with Crippen LogP contribution in [0.5, 0.6) is 0 Å². The van der Waals surface area contributed by atoms with Crippen molar-refractivity contribution in [2.45, 2.75) is 30.4 Å². The summed E-state index contributed by atoms with van der Waals surface area (Å²) in [6.45, 7) is 3.68. The summed E-state index contributed by atoms with van der Waals surface area (Å²) in [6.07, 6.45) is 5.25. The smallest absolute Gasteiger partial charge is 0.295 e. The lowest BCUT2D eigenvalue weighted by molar-refractivity contribution is -0.116. The Labute approximate surface area is 276 Å². The van der Waals surface area contributed by atoms with Crippen molar-refractivity contribution >= 4 is 46.9 Å². The molecule has 11 heteroatoms. The van der Waals surface area contributed by atoms with Gasteiger partial charge in [0.25, 0.3) is 17.4 Å². The number of anilines is 2. The zero-order valence-corrected chi connectivity index (χ0v) is 27.0. The van der Waals surface area contributed by atoms with Gasteiger partial charge < -0.3 is 16.0 Å². The van der Waals surface area contributed by atoms with Gasteiger partial charge in [0.1, 0.15) is 11.4 Å². The Morgan fingerprint density at radius 3 is 2.32 bits per heavy atom. The van der Waals surface area contributed by atoms with E-state index >= 15 is 0 Å². The molecule has 47 heavy (non-hydrogen) atoms. The van der Waals surface area contributed by atoms with E-state index in [9.17, 15) is 19.2 Å². The zero-order valence-electron chi connectivity index (χ0n) is 26.1. The monoisotopic (exact) mass is 646 g/mol. The Morgan fingerprint density at radius 1 is 0.915 bits per heavy atom. The molecule has 10 nitrogen and oxygen atoms in total. The molecule has 0 aliphatic heterocycles. The average molecular weight is 647 g/mol. The van der Waals surface area contributed by atoms with Gasteiger partial charge in [0.15, 0.2) is 0 Å². The fraction of sp³-hybridized carbons (Fsp3) is 0.139. The van der Waals surface area contributed by atoms with Crippen LogP contribution < -0.4 is 21.5 Å². The number of hydrogen-bond donors (Lipinski definition) is 3. The number of pyridine rings is 1. The quantitative estimate of drug-likeness (QED) is 0.123. The number of benzene rings is 3. The summed E-state index contributed by atoms with van der Waals surface area (Å²) in [5.74, 6) is -1.26. The van der Waals surface area contributed by atoms with Crippen molar-refractivity contribution in [3.05, 3.63) is 142 Å². The first-order valence-corrected chi connectivity index (χ1v) is 15.8. The first kappa shape index (κ1) is 32.7. The molecule has 3 amide bonds. The van der Waals surface area contributed by atoms with E-state index in [4.69, 9.17) is 0 Å². The minimum atomic E-state index is -0.528. The van der Waals surface area contributed by atoms with E-state index in [0.717, 1.165) is 4.90 Å². The maximum absolute atomic E-state index is 13.5. The van der Waals surface area contributed by atoms with E-state index < -0.39 is 17.1 Å². The largest absolute Gasteiger partial charge is 0.321 e. The molecule has 0 radical (unpaired) electrons. The minimum absolute atomic E-state index is 0.0371. The van der Waals surface area contributed by atoms with E-state index in [0.29, 0.717) is 34.6 Å². The molecule has 0 aliphatic carbocycles. The van der Waals surface area contributed by atoms with Crippen LogP contribution in [-0.4, -0.2) is 37.3 Å². The molecule has 0 saturated heterocycles. The predicted octanol–water partition coefficient (Wildman–Crippen LogP) is 5.80. The van der Waals surface area contributed by atoms with Crippen molar-refractivity contribution in [2.24, 2.45) is 7.05 Å². The van der Waals surface area contributed by atoms with Crippen molar-refractivity contribution < 1.29 is 14.4 Å². The van der Waals surface area contributed by atoms with Crippen molar-refractivity contribution in [3.63, 3.8) is 0 Å². The van der Waals surface area contributed by atoms with Crippen molar-refractivity contribution in [1.82, 2.24) is 19.7 Å². The van der Waals surface area contributed by atoms with Gasteiger partial charge >= 0.3 is 0 Å². The highest BCUT2D eigenvalue weighted by Gasteiger charge is 2.24. The number of amides is 3. The summed E-state index contributed by atoms with van der Waals surface area (Å²) in [4.78, 5) is 58.0. The number of rotatable bonds is 11. The van der Waals surface area contributed by atoms with Crippen molar-refractivity contribution in [1.29, 1.82) is 0 Å². The standard InChI is InChI=1S/C36H34N6O4S/c1-4-31(35(45)40-32-24(2)41(3)42(36(32)46)28-17-9-6-10-18-28)47-29-19-11-16-27(22-29)38-34(44)30(21-25-13-12-20-37-23-25)39-33(43)26-14-7-5-8-15-26/h5-23,31H,4H2,1-3H3,(H,38,44)(H,39,43)(H,40,45)/b30-21-. The Morgan fingerprint density at radius 2 is 1.64 bits per heavy atom. The molecule has 0 fully saturated rings. The molecule has 0 saturated carbocycles. The van der Waals surface area contributed by atoms with Crippen LogP contribution in [-0.2, 0) is 16.6 Å². The third-order valence-corrected chi connectivity index (χ3v) is 8.72. The maximum atomic E-state index is 13.5. The fourth-order valence-corrected chi connectivity index (χ4v) is 5.83. The van der Waals surface area contributed by atoms with Crippen LogP contribution in [0.15, 0.2) is 125 Å². The summed E-state index contributed by atoms with van der Waals surface area (Å²) >= 11 is 1.32. The van der Waals surface area contributed by atoms with Gasteiger partial charge in [0.2, 0.25) is 5.91 Å². The van der Waals surface area contributed by atoms with Crippen LogP contribution in [0.3, 0.4) is 0 Å². The average Bonchev–Trinajstić information content (AvgIpc) is 3.30. The lowest BCUT2D eigenvalue weighted by Crippen LogP contribution is -2.30. The molecule has 238 valence electrons. The first-order valence-electron chi connectivity index (χ1n) is 15.0. The van der Waals surface area contributed by atoms with Gasteiger partial charge in [-0.2, -0.15) is 0 Å². The summed E-state index contributed by atoms with van der Waals surface area (Å²) < 4.78 is 3.23. The second-order valence-corrected chi connectivity index (χ2v) is 11.9. The summed E-state index contributed by atoms with van der Waals surface area (Å²) in [7, 11) is 1.77. The van der Waals surface area contributed by atoms with Crippen molar-refractivity contribution in [2.75, 3.05) is 10.6 Å². The molecule has 3 aromatic carbocycles. The van der Waals surface area contributed by atoms with Crippen LogP contribution in [0.1, 0.15) is 35.0 Å². The third kappa shape index (κ3) is 7.95. The number of nitrogens with zero attached hydrogens (tertiary/aromatic N) is 3. The second kappa shape index (κ2) is 15.1. The molecular formula is C36H34N6O4S. The van der Waals surface area contributed by atoms with E-state index in [2.05, 4.69) is 20.9 Å². The molecule has 0 aliphatic rings. The summed E-state index contributed by atoms with van der Waals surface area (Å²) in [6, 6.07) is 28.5. The number of hydrogen-bond acceptors (Lipinski definition) is 6. The highest BCUT2D eigenvalue weighted by Crippen LogP contribution is 2.29. The molecule has 0 bridgehead atoms. The Balaban J connectivity index is 1.31. The Bertz CT molecular complexity index is 1970. The lowest BCUT2D eigenvalue weighted by atomic mass is 10.2. The third-order valence-electron chi connectivity index (χ3n) is 7.36. The van der Waals surface area contributed by atoms with Gasteiger partial charge in [-0.15, -0.1) is 11.8 Å². The number of thioether (sulfide) groups is 1. The zero-order chi connectivity index (χ0) is 33.3. The lowest BCUT2D eigenvalue weighted by Gasteiger charge is -2.15. The summed E-state index contributed by atoms with van der Waals surface area (Å²) in [5.41, 5.74) is 2.80. The van der Waals surface area contributed by atoms with E-state index in [1.807, 2.05) is 43.3 Å². The van der Waals surface area contributed by atoms with Gasteiger partial charge in [-0.05, 0) is 73.5 Å². The molecule has 0 spiro atoms. The maximum Gasteiger partial charge on any atom is 0.295 e. The molecule has 1 unspecified atom stereocenters. The highest BCUT2D eigenvalue weighted by molar-refractivity contribution is 8.00. The van der Waals surface area contributed by atoms with Crippen LogP contribution in [0.2, 0.25) is 0 Å². The van der Waals surface area contributed by atoms with Gasteiger partial charge in [-0.25, -0.2) is 4.68 Å². The molecule has 1 atom stereocenters. The topological polar surface area (TPSA) is 127 Å². The normalized spacial score (nSPS) is 11.9. The number of nitrogens with one attached hydrogen (secondary N) is 3. The van der Waals surface area contributed by atoms with Crippen LogP contribution in [0.4, 0.5) is 11.4 Å². The van der Waals surface area contributed by atoms with Crippen LogP contribution >= 0.6 is 11.8 Å². The van der Waals surface area contributed by atoms with Crippen molar-refractivity contribution in [3.8, 4) is 5.69 Å². The predicted molar refractivity (Wildman–Crippen MR) is 186 cm³/mol. The highest BCUT2D eigenvalue weighted by atomic mass is 32.2. The van der Waals surface area contributed by atoms with Crippen LogP contribution in [0.25, 0.3) is 11.8 Å². The van der Waals surface area contributed by atoms with Gasteiger partial charge in [-0.3, -0.25) is 28.8 Å². The fourth-order valence-electron chi connectivity index (χ4n) is 4.82. The molecule has 2 heterocycles. The van der Waals surface area contributed by atoms with Gasteiger partial charge in [0, 0.05) is 35.6 Å². The molecular weight excluding hydrogens is 613 g/mol. The number of para-hydroxylation sites is 1. The molecule has 2 aromatic heterocycles.